The number of nitrogens with zero attached hydrogens (tertiary/aromatic N) is 2. The smallest absolute Gasteiger partial charge is 0.376 e. The zero-order chi connectivity index (χ0) is 76.6. The molecule has 0 fully saturated rings. The van der Waals surface area contributed by atoms with Crippen LogP contribution in [0.3, 0.4) is 0 Å². The third-order valence-corrected chi connectivity index (χ3v) is 9.08. The van der Waals surface area contributed by atoms with Crippen molar-refractivity contribution < 1.29 is 173 Å². The number of phenols is 6. The SMILES string of the molecule is CC=S.CO/C=C(/C=C/O)C(=O)O.COc1cc(C(=O)O)ccc1O.COc1cc(C=O)ccc1O.Cl.Cl.N.N.O=C(O)C(=O)C=CC(=CO)C(=O)O.O=C(O)c1ccc(O)c(O)c1.O=C(O)c1ccc(O)c(O)c1.O=C(O)c1ccccn1.O=C(O)c1ccnc(C(=O)O)c1.O=C=O.O=C=O. The van der Waals surface area contributed by atoms with E-state index < -0.39 is 76.6 Å². The first-order chi connectivity index (χ1) is 46.0. The summed E-state index contributed by atoms with van der Waals surface area (Å²) in [4.78, 5) is 152. The molecule has 0 amide bonds. The predicted octanol–water partition coefficient (Wildman–Crippen LogP) is 6.56. The van der Waals surface area contributed by atoms with Gasteiger partial charge >= 0.3 is 66.0 Å². The number of pyridine rings is 2. The summed E-state index contributed by atoms with van der Waals surface area (Å²) >= 11 is 4.27. The first-order valence-corrected chi connectivity index (χ1v) is 25.2. The number of halogens is 2. The summed E-state index contributed by atoms with van der Waals surface area (Å²) in [6.07, 6.45) is 7.96. The number of carbonyl (C=O) groups is 11. The number of aromatic nitrogens is 2. The highest BCUT2D eigenvalue weighted by atomic mass is 35.5. The van der Waals surface area contributed by atoms with E-state index in [0.717, 1.165) is 48.9 Å². The van der Waals surface area contributed by atoms with Crippen LogP contribution in [-0.2, 0) is 43.1 Å². The van der Waals surface area contributed by atoms with Gasteiger partial charge in [-0.2, -0.15) is 19.2 Å². The van der Waals surface area contributed by atoms with Crippen molar-refractivity contribution in [2.45, 2.75) is 6.92 Å². The monoisotopic (exact) mass is 1500 g/mol. The van der Waals surface area contributed by atoms with Gasteiger partial charge in [0.25, 0.3) is 5.78 Å². The van der Waals surface area contributed by atoms with E-state index >= 15 is 0 Å². The molecular formula is C60H64Cl2N4O35S. The van der Waals surface area contributed by atoms with Crippen LogP contribution in [-0.4, -0.2) is 202 Å². The molecule has 0 unspecified atom stereocenters. The molecule has 554 valence electrons. The summed E-state index contributed by atoms with van der Waals surface area (Å²) < 4.78 is 13.9. The van der Waals surface area contributed by atoms with Crippen LogP contribution in [0.1, 0.15) is 79.7 Å². The maximum absolute atomic E-state index is 10.4. The molecule has 42 heteroatoms. The molecule has 0 saturated carbocycles. The topological polar surface area (TPSA) is 723 Å². The number of aromatic hydroxyl groups is 6. The molecule has 0 spiro atoms. The largest absolute Gasteiger partial charge is 0.516 e. The number of carbonyl (C=O) groups excluding carboxylic acids is 6. The number of methoxy groups -OCH3 is 3. The van der Waals surface area contributed by atoms with Crippen LogP contribution in [0.15, 0.2) is 164 Å². The van der Waals surface area contributed by atoms with Gasteiger partial charge in [-0.25, -0.2) is 53.1 Å². The van der Waals surface area contributed by atoms with E-state index in [1.807, 2.05) is 6.92 Å². The molecule has 0 aliphatic rings. The number of benzene rings is 4. The number of carboxylic acids is 9. The highest BCUT2D eigenvalue weighted by Crippen LogP contribution is 2.28. The summed E-state index contributed by atoms with van der Waals surface area (Å²) in [5.41, 5.74) is -0.487. The molecule has 6 rings (SSSR count). The lowest BCUT2D eigenvalue weighted by Gasteiger charge is -2.02. The van der Waals surface area contributed by atoms with Gasteiger partial charge in [-0.05, 0) is 128 Å². The number of thiocarbonyl (C=S) groups is 1. The van der Waals surface area contributed by atoms with Gasteiger partial charge < -0.3 is 113 Å². The fourth-order valence-electron chi connectivity index (χ4n) is 4.84. The average Bonchev–Trinajstić information content (AvgIpc) is 0.895. The molecule has 0 aliphatic carbocycles. The third-order valence-electron chi connectivity index (χ3n) is 9.08. The first kappa shape index (κ1) is 107. The molecule has 2 heterocycles. The molecular weight excluding hydrogens is 1440 g/mol. The predicted molar refractivity (Wildman–Crippen MR) is 353 cm³/mol. The number of phenolic OH excluding ortho intramolecular Hbond substituents is 6. The van der Waals surface area contributed by atoms with Crippen LogP contribution < -0.4 is 21.8 Å². The molecule has 0 aliphatic heterocycles. The zero-order valence-corrected chi connectivity index (χ0v) is 55.0. The quantitative estimate of drug-likeness (QED) is 0.00927. The summed E-state index contributed by atoms with van der Waals surface area (Å²) in [6.45, 7) is 1.81. The van der Waals surface area contributed by atoms with E-state index in [1.165, 1.54) is 88.2 Å². The van der Waals surface area contributed by atoms with Crippen molar-refractivity contribution in [3.05, 3.63) is 203 Å². The van der Waals surface area contributed by atoms with Gasteiger partial charge in [0.1, 0.15) is 17.7 Å². The Hall–Kier alpha value is -14.1. The van der Waals surface area contributed by atoms with E-state index in [4.69, 9.17) is 115 Å². The summed E-state index contributed by atoms with van der Waals surface area (Å²) in [5.74, 6) is -13.3. The lowest BCUT2D eigenvalue weighted by atomic mass is 10.2. The van der Waals surface area contributed by atoms with Crippen LogP contribution in [0, 0.1) is 0 Å². The summed E-state index contributed by atoms with van der Waals surface area (Å²) in [5, 5.41) is 147. The molecule has 0 radical (unpaired) electrons. The molecule has 2 aromatic heterocycles. The molecule has 0 atom stereocenters. The van der Waals surface area contributed by atoms with Gasteiger partial charge in [0, 0.05) is 18.0 Å². The highest BCUT2D eigenvalue weighted by Gasteiger charge is 2.12. The first-order valence-electron chi connectivity index (χ1n) is 24.7. The van der Waals surface area contributed by atoms with E-state index in [2.05, 4.69) is 26.9 Å². The van der Waals surface area contributed by atoms with E-state index in [0.29, 0.717) is 36.0 Å². The Labute approximate surface area is 590 Å². The van der Waals surface area contributed by atoms with Crippen molar-refractivity contribution in [2.75, 3.05) is 21.3 Å². The van der Waals surface area contributed by atoms with E-state index in [9.17, 15) is 52.7 Å². The average molecular weight is 1500 g/mol. The van der Waals surface area contributed by atoms with Crippen molar-refractivity contribution in [2.24, 2.45) is 0 Å². The van der Waals surface area contributed by atoms with Gasteiger partial charge in [0.05, 0.1) is 73.5 Å². The van der Waals surface area contributed by atoms with Crippen LogP contribution in [0.2, 0.25) is 0 Å². The minimum Gasteiger partial charge on any atom is -0.516 e. The number of carboxylic acid groups (broad SMARTS) is 9. The lowest BCUT2D eigenvalue weighted by molar-refractivity contribution is -0.193. The number of aromatic carboxylic acids is 6. The van der Waals surface area contributed by atoms with Crippen molar-refractivity contribution in [1.29, 1.82) is 0 Å². The number of aldehydes is 1. The number of aliphatic hydroxyl groups excluding tert-OH is 2. The fourth-order valence-corrected chi connectivity index (χ4v) is 4.84. The Morgan fingerprint density at radius 1 is 0.441 bits per heavy atom. The van der Waals surface area contributed by atoms with Crippen LogP contribution >= 0.6 is 37.0 Å². The standard InChI is InChI=1S/C8H8O4.C8H8O3.C7H5NO4.C7H6O6.2C7H6O4.C6H5NO2.C6H8O4.C2H4S.2CO2.2ClH.2H3N/c1-12-7-4-5(8(10)11)2-3-6(7)9;1-11-8-4-6(5-9)2-3-7(8)10;9-6(10)4-1-2-8-5(3-4)7(11)12;8-3-4(6(10)11)1-2-5(9)7(12)13;2*8-5-2-1-4(7(10)11)3-6(5)9;8-6(9)5-3-1-2-4-7-5;1-10-4-5(2-3-7)6(8)9;1-2-3;2*2-1-3;;;;/h2-4,9H,1H3,(H,10,11);2-5,10H,1H3;1-3H,(H,9,10)(H,11,12);1-3,8H,(H,10,11)(H,12,13);2*1-3,8-9H,(H,10,11);1-4H,(H,8,9);2-4,7H,1H3,(H,8,9);2H,1H3;;;2*1H;2*1H3/b;;;;;;;3-2+,5-4-;;;;;;;. The summed E-state index contributed by atoms with van der Waals surface area (Å²) in [7, 11) is 4.12. The Bertz CT molecular complexity index is 3750. The summed E-state index contributed by atoms with van der Waals surface area (Å²) in [6, 6.07) is 21.9. The fraction of sp³-hybridized carbons (Fsp3) is 0.0667. The van der Waals surface area contributed by atoms with Crippen molar-refractivity contribution in [3.63, 3.8) is 0 Å². The number of hydrogen-bond donors (Lipinski definition) is 19. The zero-order valence-electron chi connectivity index (χ0n) is 52.6. The molecule has 102 heavy (non-hydrogen) atoms. The van der Waals surface area contributed by atoms with E-state index in [1.54, 1.807) is 17.5 Å². The minimum atomic E-state index is -1.70. The van der Waals surface area contributed by atoms with Gasteiger partial charge in [-0.3, -0.25) is 9.59 Å². The molecule has 0 bridgehead atoms. The molecule has 6 aromatic rings. The van der Waals surface area contributed by atoms with E-state index in [-0.39, 0.29) is 124 Å². The second-order valence-electron chi connectivity index (χ2n) is 15.5. The normalized spacial score (nSPS) is 8.94. The molecule has 4 aromatic carbocycles. The van der Waals surface area contributed by atoms with Crippen molar-refractivity contribution in [1.82, 2.24) is 22.3 Å². The van der Waals surface area contributed by atoms with Gasteiger partial charge in [0.15, 0.2) is 46.0 Å². The number of aliphatic carboxylic acids is 3. The Balaban J connectivity index is -0.000000135. The maximum atomic E-state index is 10.4. The number of aliphatic hydroxyl groups is 2. The Kier molecular flexibility index (Phi) is 65.8. The third kappa shape index (κ3) is 50.3. The minimum absolute atomic E-state index is 0. The number of ketones is 1. The van der Waals surface area contributed by atoms with Gasteiger partial charge in [-0.1, -0.05) is 18.3 Å². The second-order valence-corrected chi connectivity index (χ2v) is 16.0. The van der Waals surface area contributed by atoms with Gasteiger partial charge in [0.2, 0.25) is 0 Å². The van der Waals surface area contributed by atoms with Crippen LogP contribution in [0.5, 0.6) is 46.0 Å². The second kappa shape index (κ2) is 62.9. The molecule has 0 saturated heterocycles. The number of ether oxygens (including phenoxy) is 3. The Morgan fingerprint density at radius 2 is 0.814 bits per heavy atom. The van der Waals surface area contributed by atoms with Crippen LogP contribution in [0.25, 0.3) is 0 Å². The highest BCUT2D eigenvalue weighted by molar-refractivity contribution is 7.78. The lowest BCUT2D eigenvalue weighted by Crippen LogP contribution is -2.09. The number of rotatable bonds is 16. The van der Waals surface area contributed by atoms with Gasteiger partial charge in [-0.15, -0.1) is 24.8 Å². The maximum Gasteiger partial charge on any atom is 0.376 e. The van der Waals surface area contributed by atoms with Crippen molar-refractivity contribution in [3.8, 4) is 46.0 Å². The van der Waals surface area contributed by atoms with Crippen molar-refractivity contribution >= 4 is 120 Å². The Morgan fingerprint density at radius 3 is 1.12 bits per heavy atom. The number of hydrogen-bond acceptors (Lipinski definition) is 31. The molecule has 39 nitrogen and oxygen atoms in total. The molecule has 23 N–H and O–H groups in total. The van der Waals surface area contributed by atoms with Crippen LogP contribution in [0.4, 0.5) is 0 Å².